The number of cyclic esters (lactones) is 2. The zero-order valence-electron chi connectivity index (χ0n) is 12.8. The average Bonchev–Trinajstić information content (AvgIpc) is 3.32. The summed E-state index contributed by atoms with van der Waals surface area (Å²) in [6, 6.07) is 0. The van der Waals surface area contributed by atoms with Gasteiger partial charge in [-0.2, -0.15) is 0 Å². The van der Waals surface area contributed by atoms with Gasteiger partial charge in [0.2, 0.25) is 0 Å². The van der Waals surface area contributed by atoms with Crippen LogP contribution in [0.25, 0.3) is 0 Å². The maximum Gasteiger partial charge on any atom is 0.314 e. The lowest BCUT2D eigenvalue weighted by Crippen LogP contribution is -2.48. The summed E-state index contributed by atoms with van der Waals surface area (Å²) in [5.74, 6) is -0.0351. The van der Waals surface area contributed by atoms with Gasteiger partial charge in [0.05, 0.1) is 36.9 Å². The molecule has 23 heavy (non-hydrogen) atoms. The van der Waals surface area contributed by atoms with Gasteiger partial charge in [-0.3, -0.25) is 9.59 Å². The Hall–Kier alpha value is -1.14. The molecule has 6 rings (SSSR count). The minimum atomic E-state index is -0.490. The molecule has 6 saturated heterocycles. The summed E-state index contributed by atoms with van der Waals surface area (Å²) < 4.78 is 23.2. The van der Waals surface area contributed by atoms with Crippen molar-refractivity contribution < 1.29 is 28.5 Å². The van der Waals surface area contributed by atoms with Gasteiger partial charge in [0.25, 0.3) is 0 Å². The van der Waals surface area contributed by atoms with Crippen LogP contribution < -0.4 is 0 Å². The van der Waals surface area contributed by atoms with Crippen LogP contribution in [0.15, 0.2) is 0 Å². The van der Waals surface area contributed by atoms with E-state index in [1.54, 1.807) is 0 Å². The largest absolute Gasteiger partial charge is 0.465 e. The van der Waals surface area contributed by atoms with E-state index in [2.05, 4.69) is 0 Å². The Kier molecular flexibility index (Phi) is 2.34. The minimum Gasteiger partial charge on any atom is -0.465 e. The Morgan fingerprint density at radius 2 is 1.96 bits per heavy atom. The Balaban J connectivity index is 1.34. The second kappa shape index (κ2) is 4.09. The molecule has 124 valence electrons. The van der Waals surface area contributed by atoms with E-state index in [0.717, 1.165) is 32.1 Å². The van der Waals surface area contributed by atoms with Crippen molar-refractivity contribution in [3.8, 4) is 0 Å². The summed E-state index contributed by atoms with van der Waals surface area (Å²) in [7, 11) is 0. The summed E-state index contributed by atoms with van der Waals surface area (Å²) >= 11 is 0. The van der Waals surface area contributed by atoms with Crippen molar-refractivity contribution in [2.24, 2.45) is 23.2 Å². The SMILES string of the molecule is O=C1OC(C2CC3CC4(CCOC4=O)C2O3)C2C3CCC(O3)C12. The smallest absolute Gasteiger partial charge is 0.314 e. The van der Waals surface area contributed by atoms with E-state index in [1.807, 2.05) is 0 Å². The molecule has 6 aliphatic heterocycles. The molecule has 6 aliphatic rings. The summed E-state index contributed by atoms with van der Waals surface area (Å²) in [6.07, 6.45) is 4.38. The molecule has 6 nitrogen and oxygen atoms in total. The third-order valence-electron chi connectivity index (χ3n) is 7.24. The highest BCUT2D eigenvalue weighted by molar-refractivity contribution is 5.80. The molecule has 0 aromatic rings. The lowest BCUT2D eigenvalue weighted by molar-refractivity contribution is -0.155. The van der Waals surface area contributed by atoms with Crippen LogP contribution in [0.5, 0.6) is 0 Å². The highest BCUT2D eigenvalue weighted by Gasteiger charge is 2.69. The molecule has 0 aromatic heterocycles. The number of hydrogen-bond donors (Lipinski definition) is 0. The van der Waals surface area contributed by atoms with Crippen LogP contribution in [0.3, 0.4) is 0 Å². The van der Waals surface area contributed by atoms with E-state index in [9.17, 15) is 9.59 Å². The van der Waals surface area contributed by atoms with Crippen LogP contribution in [0.2, 0.25) is 0 Å². The first kappa shape index (κ1) is 13.2. The molecular weight excluding hydrogens is 300 g/mol. The van der Waals surface area contributed by atoms with Crippen LogP contribution in [-0.4, -0.2) is 49.1 Å². The Morgan fingerprint density at radius 1 is 1.09 bits per heavy atom. The third kappa shape index (κ3) is 1.44. The number of carbonyl (C=O) groups excluding carboxylic acids is 2. The van der Waals surface area contributed by atoms with E-state index >= 15 is 0 Å². The summed E-state index contributed by atoms with van der Waals surface area (Å²) in [5.41, 5.74) is -0.490. The van der Waals surface area contributed by atoms with Gasteiger partial charge in [-0.15, -0.1) is 0 Å². The van der Waals surface area contributed by atoms with Crippen molar-refractivity contribution >= 4 is 11.9 Å². The lowest BCUT2D eigenvalue weighted by atomic mass is 9.64. The number of ether oxygens (including phenoxy) is 4. The van der Waals surface area contributed by atoms with Crippen LogP contribution >= 0.6 is 0 Å². The van der Waals surface area contributed by atoms with Gasteiger partial charge >= 0.3 is 11.9 Å². The highest BCUT2D eigenvalue weighted by atomic mass is 16.6. The molecule has 0 aromatic carbocycles. The van der Waals surface area contributed by atoms with Crippen LogP contribution in [-0.2, 0) is 28.5 Å². The molecule has 0 N–H and O–H groups in total. The number of rotatable bonds is 1. The molecule has 0 radical (unpaired) electrons. The fraction of sp³-hybridized carbons (Fsp3) is 0.882. The molecule has 9 unspecified atom stereocenters. The standard InChI is InChI=1S/C17H20O6/c18-15-12-10-2-1-9(22-10)11(12)13(23-15)8-5-7-6-17(14(8)21-7)3-4-20-16(17)19/h7-14H,1-6H2. The van der Waals surface area contributed by atoms with E-state index in [4.69, 9.17) is 18.9 Å². The molecule has 0 saturated carbocycles. The quantitative estimate of drug-likeness (QED) is 0.666. The number of fused-ring (bicyclic) bond motifs is 8. The van der Waals surface area contributed by atoms with E-state index in [-0.39, 0.29) is 60.2 Å². The van der Waals surface area contributed by atoms with Gasteiger partial charge in [-0.05, 0) is 25.7 Å². The molecule has 0 aliphatic carbocycles. The second-order valence-corrected chi connectivity index (χ2v) is 8.12. The van der Waals surface area contributed by atoms with E-state index < -0.39 is 5.41 Å². The van der Waals surface area contributed by atoms with Crippen LogP contribution in [0.1, 0.15) is 32.1 Å². The Bertz CT molecular complexity index is 604. The summed E-state index contributed by atoms with van der Waals surface area (Å²) in [6.45, 7) is 0.489. The maximum absolute atomic E-state index is 12.4. The van der Waals surface area contributed by atoms with Gasteiger partial charge in [0.1, 0.15) is 11.5 Å². The Morgan fingerprint density at radius 3 is 2.74 bits per heavy atom. The van der Waals surface area contributed by atoms with Crippen LogP contribution in [0.4, 0.5) is 0 Å². The predicted octanol–water partition coefficient (Wildman–Crippen LogP) is 0.816. The summed E-state index contributed by atoms with van der Waals surface area (Å²) in [4.78, 5) is 24.7. The van der Waals surface area contributed by atoms with Gasteiger partial charge < -0.3 is 18.9 Å². The fourth-order valence-corrected chi connectivity index (χ4v) is 6.41. The fourth-order valence-electron chi connectivity index (χ4n) is 6.41. The molecular formula is C17H20O6. The minimum absolute atomic E-state index is 0.0485. The molecule has 6 heterocycles. The molecule has 0 amide bonds. The van der Waals surface area contributed by atoms with Crippen molar-refractivity contribution in [1.82, 2.24) is 0 Å². The number of hydrogen-bond acceptors (Lipinski definition) is 6. The highest BCUT2D eigenvalue weighted by Crippen LogP contribution is 2.60. The van der Waals surface area contributed by atoms with Gasteiger partial charge in [0.15, 0.2) is 0 Å². The number of esters is 2. The van der Waals surface area contributed by atoms with Crippen molar-refractivity contribution in [1.29, 1.82) is 0 Å². The monoisotopic (exact) mass is 320 g/mol. The normalized spacial score (nSPS) is 59.0. The van der Waals surface area contributed by atoms with Crippen molar-refractivity contribution in [3.05, 3.63) is 0 Å². The van der Waals surface area contributed by atoms with Gasteiger partial charge in [0, 0.05) is 18.3 Å². The Labute approximate surface area is 133 Å². The predicted molar refractivity (Wildman–Crippen MR) is 74.1 cm³/mol. The van der Waals surface area contributed by atoms with Crippen molar-refractivity contribution in [2.75, 3.05) is 6.61 Å². The van der Waals surface area contributed by atoms with Crippen molar-refractivity contribution in [3.63, 3.8) is 0 Å². The molecule has 6 heteroatoms. The van der Waals surface area contributed by atoms with Gasteiger partial charge in [-0.25, -0.2) is 0 Å². The first-order chi connectivity index (χ1) is 11.2. The lowest BCUT2D eigenvalue weighted by Gasteiger charge is -2.37. The van der Waals surface area contributed by atoms with E-state index in [0.29, 0.717) is 6.61 Å². The first-order valence-corrected chi connectivity index (χ1v) is 8.86. The van der Waals surface area contributed by atoms with Crippen LogP contribution in [0, 0.1) is 23.2 Å². The molecule has 6 fully saturated rings. The maximum atomic E-state index is 12.4. The van der Waals surface area contributed by atoms with Crippen molar-refractivity contribution in [2.45, 2.75) is 62.6 Å². The average molecular weight is 320 g/mol. The summed E-state index contributed by atoms with van der Waals surface area (Å²) in [5, 5.41) is 0. The van der Waals surface area contributed by atoms with E-state index in [1.165, 1.54) is 0 Å². The molecule has 9 atom stereocenters. The second-order valence-electron chi connectivity index (χ2n) is 8.12. The first-order valence-electron chi connectivity index (χ1n) is 8.86. The molecule has 4 bridgehead atoms. The third-order valence-corrected chi connectivity index (χ3v) is 7.24. The van der Waals surface area contributed by atoms with Gasteiger partial charge in [-0.1, -0.05) is 0 Å². The zero-order chi connectivity index (χ0) is 15.3. The number of carbonyl (C=O) groups is 2. The molecule has 1 spiro atoms. The topological polar surface area (TPSA) is 71.1 Å². The zero-order valence-corrected chi connectivity index (χ0v) is 12.8.